The lowest BCUT2D eigenvalue weighted by molar-refractivity contribution is 0.0114. The molecule has 1 amide bonds. The number of carbonyl (C=O) groups is 1. The molecular formula is C17H24FNO5. The van der Waals surface area contributed by atoms with E-state index in [0.717, 1.165) is 0 Å². The molecule has 3 atom stereocenters. The van der Waals surface area contributed by atoms with Crippen LogP contribution < -0.4 is 5.32 Å². The predicted molar refractivity (Wildman–Crippen MR) is 85.1 cm³/mol. The highest BCUT2D eigenvalue weighted by Crippen LogP contribution is 2.38. The first-order valence-corrected chi connectivity index (χ1v) is 7.92. The van der Waals surface area contributed by atoms with Crippen molar-refractivity contribution in [2.75, 3.05) is 33.5 Å². The van der Waals surface area contributed by atoms with Gasteiger partial charge in [-0.05, 0) is 37.1 Å². The van der Waals surface area contributed by atoms with Gasteiger partial charge in [0, 0.05) is 24.6 Å². The molecule has 24 heavy (non-hydrogen) atoms. The lowest BCUT2D eigenvalue weighted by atomic mass is 9.86. The Balaban J connectivity index is 1.95. The summed E-state index contributed by atoms with van der Waals surface area (Å²) >= 11 is 0. The molecule has 134 valence electrons. The fourth-order valence-electron chi connectivity index (χ4n) is 2.96. The number of benzene rings is 1. The van der Waals surface area contributed by atoms with E-state index in [2.05, 4.69) is 5.32 Å². The van der Waals surface area contributed by atoms with Crippen molar-refractivity contribution in [3.05, 3.63) is 35.6 Å². The van der Waals surface area contributed by atoms with Crippen molar-refractivity contribution >= 4 is 5.91 Å². The smallest absolute Gasteiger partial charge is 0.251 e. The molecule has 1 fully saturated rings. The summed E-state index contributed by atoms with van der Waals surface area (Å²) in [6.45, 7) is 1.40. The third-order valence-electron chi connectivity index (χ3n) is 4.30. The molecule has 1 aromatic carbocycles. The number of hydrogen-bond donors (Lipinski definition) is 3. The summed E-state index contributed by atoms with van der Waals surface area (Å²) in [5.74, 6) is -0.737. The van der Waals surface area contributed by atoms with E-state index < -0.39 is 23.4 Å². The van der Waals surface area contributed by atoms with Crippen molar-refractivity contribution < 1.29 is 28.9 Å². The zero-order valence-electron chi connectivity index (χ0n) is 13.7. The van der Waals surface area contributed by atoms with E-state index in [1.807, 2.05) is 0 Å². The van der Waals surface area contributed by atoms with Crippen LogP contribution in [-0.4, -0.2) is 61.8 Å². The zero-order valence-corrected chi connectivity index (χ0v) is 13.7. The van der Waals surface area contributed by atoms with Crippen molar-refractivity contribution in [2.24, 2.45) is 5.41 Å². The van der Waals surface area contributed by atoms with Crippen molar-refractivity contribution in [2.45, 2.75) is 25.0 Å². The van der Waals surface area contributed by atoms with Gasteiger partial charge in [0.1, 0.15) is 5.82 Å². The SMILES string of the molecule is COCCOCC1(CNC(=O)c2ccc(F)cc2)C[C@@H](O)[C@@H](O)C1. The fourth-order valence-corrected chi connectivity index (χ4v) is 2.96. The third-order valence-corrected chi connectivity index (χ3v) is 4.30. The lowest BCUT2D eigenvalue weighted by Crippen LogP contribution is -2.40. The van der Waals surface area contributed by atoms with Crippen LogP contribution in [0.3, 0.4) is 0 Å². The van der Waals surface area contributed by atoms with Gasteiger partial charge in [0.25, 0.3) is 5.91 Å². The maximum Gasteiger partial charge on any atom is 0.251 e. The lowest BCUT2D eigenvalue weighted by Gasteiger charge is -2.29. The molecule has 0 saturated heterocycles. The number of aliphatic hydroxyl groups is 2. The number of aliphatic hydroxyl groups excluding tert-OH is 2. The number of halogens is 1. The van der Waals surface area contributed by atoms with Crippen LogP contribution >= 0.6 is 0 Å². The molecule has 1 aliphatic carbocycles. The normalized spacial score (nSPS) is 26.5. The topological polar surface area (TPSA) is 88.0 Å². The van der Waals surface area contributed by atoms with Crippen LogP contribution in [0.5, 0.6) is 0 Å². The van der Waals surface area contributed by atoms with Gasteiger partial charge in [-0.2, -0.15) is 0 Å². The van der Waals surface area contributed by atoms with E-state index in [9.17, 15) is 19.4 Å². The highest BCUT2D eigenvalue weighted by atomic mass is 19.1. The Morgan fingerprint density at radius 3 is 2.46 bits per heavy atom. The molecule has 7 heteroatoms. The molecule has 0 spiro atoms. The Labute approximate surface area is 140 Å². The number of carbonyl (C=O) groups excluding carboxylic acids is 1. The van der Waals surface area contributed by atoms with Crippen LogP contribution in [0.25, 0.3) is 0 Å². The second-order valence-corrected chi connectivity index (χ2v) is 6.28. The number of nitrogens with one attached hydrogen (secondary N) is 1. The molecule has 0 aromatic heterocycles. The molecule has 1 aliphatic rings. The van der Waals surface area contributed by atoms with Crippen molar-refractivity contribution in [1.29, 1.82) is 0 Å². The van der Waals surface area contributed by atoms with E-state index in [-0.39, 0.29) is 12.5 Å². The summed E-state index contributed by atoms with van der Waals surface area (Å²) in [4.78, 5) is 12.2. The Hall–Kier alpha value is -1.54. The quantitative estimate of drug-likeness (QED) is 0.607. The third kappa shape index (κ3) is 4.98. The molecule has 0 radical (unpaired) electrons. The first kappa shape index (κ1) is 18.8. The monoisotopic (exact) mass is 341 g/mol. The van der Waals surface area contributed by atoms with Gasteiger partial charge in [-0.3, -0.25) is 4.79 Å². The van der Waals surface area contributed by atoms with Crippen LogP contribution in [0.15, 0.2) is 24.3 Å². The van der Waals surface area contributed by atoms with E-state index in [0.29, 0.717) is 38.2 Å². The summed E-state index contributed by atoms with van der Waals surface area (Å²) in [6.07, 6.45) is -0.993. The van der Waals surface area contributed by atoms with Gasteiger partial charge in [0.2, 0.25) is 0 Å². The van der Waals surface area contributed by atoms with Crippen LogP contribution in [0, 0.1) is 11.2 Å². The first-order chi connectivity index (χ1) is 11.5. The molecule has 6 nitrogen and oxygen atoms in total. The van der Waals surface area contributed by atoms with Crippen LogP contribution in [0.2, 0.25) is 0 Å². The molecule has 0 bridgehead atoms. The second kappa shape index (κ2) is 8.53. The van der Waals surface area contributed by atoms with E-state index in [4.69, 9.17) is 9.47 Å². The second-order valence-electron chi connectivity index (χ2n) is 6.28. The number of methoxy groups -OCH3 is 1. The Kier molecular flexibility index (Phi) is 6.68. The largest absolute Gasteiger partial charge is 0.390 e. The summed E-state index contributed by atoms with van der Waals surface area (Å²) in [5, 5.41) is 22.5. The van der Waals surface area contributed by atoms with Crippen LogP contribution in [-0.2, 0) is 9.47 Å². The minimum Gasteiger partial charge on any atom is -0.390 e. The van der Waals surface area contributed by atoms with E-state index in [1.165, 1.54) is 24.3 Å². The molecule has 1 unspecified atom stereocenters. The number of hydrogen-bond acceptors (Lipinski definition) is 5. The van der Waals surface area contributed by atoms with Gasteiger partial charge >= 0.3 is 0 Å². The summed E-state index contributed by atoms with van der Waals surface area (Å²) < 4.78 is 23.4. The van der Waals surface area contributed by atoms with Crippen LogP contribution in [0.4, 0.5) is 4.39 Å². The van der Waals surface area contributed by atoms with Gasteiger partial charge in [-0.1, -0.05) is 0 Å². The highest BCUT2D eigenvalue weighted by Gasteiger charge is 2.44. The highest BCUT2D eigenvalue weighted by molar-refractivity contribution is 5.94. The van der Waals surface area contributed by atoms with Crippen molar-refractivity contribution in [3.63, 3.8) is 0 Å². The summed E-state index contributed by atoms with van der Waals surface area (Å²) in [5.41, 5.74) is -0.187. The zero-order chi connectivity index (χ0) is 17.6. The average Bonchev–Trinajstić information content (AvgIpc) is 2.85. The van der Waals surface area contributed by atoms with Gasteiger partial charge < -0.3 is 25.0 Å². The number of rotatable bonds is 8. The van der Waals surface area contributed by atoms with E-state index >= 15 is 0 Å². The van der Waals surface area contributed by atoms with Gasteiger partial charge in [-0.15, -0.1) is 0 Å². The minimum atomic E-state index is -0.834. The Morgan fingerprint density at radius 1 is 1.25 bits per heavy atom. The van der Waals surface area contributed by atoms with Crippen molar-refractivity contribution in [3.8, 4) is 0 Å². The molecule has 1 aromatic rings. The summed E-state index contributed by atoms with van der Waals surface area (Å²) in [6, 6.07) is 5.26. The standard InChI is InChI=1S/C17H24FNO5/c1-23-6-7-24-11-17(8-14(20)15(21)9-17)10-19-16(22)12-2-4-13(18)5-3-12/h2-5,14-15,20-21H,6-11H2,1H3,(H,19,22)/t14-,15+,17?. The number of ether oxygens (including phenoxy) is 2. The molecule has 2 rings (SSSR count). The fraction of sp³-hybridized carbons (Fsp3) is 0.588. The molecule has 1 saturated carbocycles. The minimum absolute atomic E-state index is 0.254. The summed E-state index contributed by atoms with van der Waals surface area (Å²) in [7, 11) is 1.57. The van der Waals surface area contributed by atoms with Crippen molar-refractivity contribution in [1.82, 2.24) is 5.32 Å². The predicted octanol–water partition coefficient (Wildman–Crippen LogP) is 0.720. The Bertz CT molecular complexity index is 526. The Morgan fingerprint density at radius 2 is 1.88 bits per heavy atom. The molecular weight excluding hydrogens is 317 g/mol. The maximum absolute atomic E-state index is 12.9. The van der Waals surface area contributed by atoms with Gasteiger partial charge in [0.15, 0.2) is 0 Å². The molecule has 0 heterocycles. The van der Waals surface area contributed by atoms with E-state index in [1.54, 1.807) is 7.11 Å². The molecule has 0 aliphatic heterocycles. The maximum atomic E-state index is 12.9. The van der Waals surface area contributed by atoms with Gasteiger partial charge in [-0.25, -0.2) is 4.39 Å². The number of amides is 1. The first-order valence-electron chi connectivity index (χ1n) is 7.92. The van der Waals surface area contributed by atoms with Gasteiger partial charge in [0.05, 0.1) is 32.0 Å². The molecule has 3 N–H and O–H groups in total. The van der Waals surface area contributed by atoms with Crippen LogP contribution in [0.1, 0.15) is 23.2 Å². The average molecular weight is 341 g/mol.